The van der Waals surface area contributed by atoms with E-state index in [4.69, 9.17) is 4.74 Å². The molecule has 1 N–H and O–H groups in total. The van der Waals surface area contributed by atoms with Gasteiger partial charge in [-0.2, -0.15) is 5.10 Å². The fraction of sp³-hybridized carbons (Fsp3) is 0.192. The molecular weight excluding hydrogens is 434 g/mol. The molecule has 3 aromatic carbocycles. The Balaban J connectivity index is 1.37. The molecule has 1 saturated heterocycles. The van der Waals surface area contributed by atoms with Crippen LogP contribution in [0.3, 0.4) is 0 Å². The molecule has 1 heterocycles. The third-order valence-corrected chi connectivity index (χ3v) is 6.45. The molecule has 168 valence electrons. The summed E-state index contributed by atoms with van der Waals surface area (Å²) in [7, 11) is 0. The Morgan fingerprint density at radius 2 is 1.82 bits per heavy atom. The second kappa shape index (κ2) is 10.8. The zero-order valence-corrected chi connectivity index (χ0v) is 19.1. The molecule has 2 amide bonds. The SMILES string of the molecule is CCOc1ccc(/C=N\NC(=O)c2ccc([C@H]3SCC(=O)N3Cc3ccccc3)cc2)cc1. The zero-order chi connectivity index (χ0) is 23.0. The Morgan fingerprint density at radius 3 is 2.52 bits per heavy atom. The fourth-order valence-electron chi connectivity index (χ4n) is 3.53. The van der Waals surface area contributed by atoms with Crippen LogP contribution in [0.1, 0.15) is 39.3 Å². The van der Waals surface area contributed by atoms with Crippen LogP contribution >= 0.6 is 11.8 Å². The lowest BCUT2D eigenvalue weighted by Gasteiger charge is -2.24. The van der Waals surface area contributed by atoms with Gasteiger partial charge in [-0.1, -0.05) is 42.5 Å². The number of carbonyl (C=O) groups is 2. The maximum atomic E-state index is 12.4. The summed E-state index contributed by atoms with van der Waals surface area (Å²) < 4.78 is 5.41. The van der Waals surface area contributed by atoms with Gasteiger partial charge in [-0.05, 0) is 60.0 Å². The van der Waals surface area contributed by atoms with Crippen LogP contribution in [0.25, 0.3) is 0 Å². The highest BCUT2D eigenvalue weighted by Crippen LogP contribution is 2.39. The summed E-state index contributed by atoms with van der Waals surface area (Å²) in [4.78, 5) is 26.8. The summed E-state index contributed by atoms with van der Waals surface area (Å²) in [5, 5.41) is 3.98. The van der Waals surface area contributed by atoms with Crippen LogP contribution in [0.4, 0.5) is 0 Å². The number of ether oxygens (including phenoxy) is 1. The van der Waals surface area contributed by atoms with Gasteiger partial charge >= 0.3 is 0 Å². The maximum Gasteiger partial charge on any atom is 0.271 e. The Morgan fingerprint density at radius 1 is 1.09 bits per heavy atom. The Kier molecular flexibility index (Phi) is 7.42. The monoisotopic (exact) mass is 459 g/mol. The van der Waals surface area contributed by atoms with Crippen molar-refractivity contribution in [3.05, 3.63) is 101 Å². The average molecular weight is 460 g/mol. The minimum atomic E-state index is -0.292. The third kappa shape index (κ3) is 5.81. The van der Waals surface area contributed by atoms with E-state index in [9.17, 15) is 9.59 Å². The van der Waals surface area contributed by atoms with Crippen molar-refractivity contribution in [3.8, 4) is 5.75 Å². The first-order chi connectivity index (χ1) is 16.1. The van der Waals surface area contributed by atoms with Gasteiger partial charge in [-0.25, -0.2) is 5.43 Å². The van der Waals surface area contributed by atoms with Crippen molar-refractivity contribution in [1.82, 2.24) is 10.3 Å². The van der Waals surface area contributed by atoms with E-state index in [0.29, 0.717) is 24.5 Å². The third-order valence-electron chi connectivity index (χ3n) is 5.19. The molecule has 6 nitrogen and oxygen atoms in total. The van der Waals surface area contributed by atoms with Crippen LogP contribution in [-0.2, 0) is 11.3 Å². The molecule has 1 atom stereocenters. The number of benzene rings is 3. The van der Waals surface area contributed by atoms with Gasteiger partial charge < -0.3 is 9.64 Å². The van der Waals surface area contributed by atoms with Gasteiger partial charge in [-0.3, -0.25) is 9.59 Å². The Hall–Kier alpha value is -3.58. The predicted molar refractivity (Wildman–Crippen MR) is 131 cm³/mol. The summed E-state index contributed by atoms with van der Waals surface area (Å²) >= 11 is 1.60. The van der Waals surface area contributed by atoms with Gasteiger partial charge in [-0.15, -0.1) is 11.8 Å². The van der Waals surface area contributed by atoms with E-state index < -0.39 is 0 Å². The topological polar surface area (TPSA) is 71.0 Å². The summed E-state index contributed by atoms with van der Waals surface area (Å²) in [6.07, 6.45) is 1.59. The van der Waals surface area contributed by atoms with Crippen molar-refractivity contribution < 1.29 is 14.3 Å². The summed E-state index contributed by atoms with van der Waals surface area (Å²) in [5.41, 5.74) is 6.01. The smallest absolute Gasteiger partial charge is 0.271 e. The van der Waals surface area contributed by atoms with E-state index in [-0.39, 0.29) is 17.2 Å². The average Bonchev–Trinajstić information content (AvgIpc) is 3.21. The van der Waals surface area contributed by atoms with E-state index in [0.717, 1.165) is 22.4 Å². The molecule has 0 bridgehead atoms. The quantitative estimate of drug-likeness (QED) is 0.394. The van der Waals surface area contributed by atoms with Crippen molar-refractivity contribution in [3.63, 3.8) is 0 Å². The number of carbonyl (C=O) groups excluding carboxylic acids is 2. The Labute approximate surface area is 197 Å². The second-order valence-electron chi connectivity index (χ2n) is 7.49. The van der Waals surface area contributed by atoms with Crippen LogP contribution in [-0.4, -0.2) is 35.3 Å². The predicted octanol–water partition coefficient (Wildman–Crippen LogP) is 4.62. The number of hydrogen-bond acceptors (Lipinski definition) is 5. The van der Waals surface area contributed by atoms with Crippen molar-refractivity contribution in [2.24, 2.45) is 5.10 Å². The van der Waals surface area contributed by atoms with Crippen molar-refractivity contribution in [1.29, 1.82) is 0 Å². The van der Waals surface area contributed by atoms with Gasteiger partial charge in [0.05, 0.1) is 18.6 Å². The number of thioether (sulfide) groups is 1. The molecule has 1 fully saturated rings. The lowest BCUT2D eigenvalue weighted by atomic mass is 10.1. The number of nitrogens with one attached hydrogen (secondary N) is 1. The molecule has 33 heavy (non-hydrogen) atoms. The van der Waals surface area contributed by atoms with Gasteiger partial charge in [0.15, 0.2) is 0 Å². The minimum absolute atomic E-state index is 0.0625. The van der Waals surface area contributed by atoms with Gasteiger partial charge in [0.1, 0.15) is 11.1 Å². The maximum absolute atomic E-state index is 12.4. The van der Waals surface area contributed by atoms with Gasteiger partial charge in [0, 0.05) is 12.1 Å². The number of amides is 2. The number of hydrogen-bond donors (Lipinski definition) is 1. The molecule has 7 heteroatoms. The highest BCUT2D eigenvalue weighted by Gasteiger charge is 2.32. The van der Waals surface area contributed by atoms with E-state index in [1.54, 1.807) is 30.1 Å². The first-order valence-electron chi connectivity index (χ1n) is 10.8. The summed E-state index contributed by atoms with van der Waals surface area (Å²) in [6.45, 7) is 3.12. The standard InChI is InChI=1S/C26H25N3O3S/c1-2-32-23-14-8-19(9-15-23)16-27-28-25(31)21-10-12-22(13-11-21)26-29(24(30)18-33-26)17-20-6-4-3-5-7-20/h3-16,26H,2,17-18H2,1H3,(H,28,31)/b27-16-/t26-/m1/s1. The van der Waals surface area contributed by atoms with Crippen molar-refractivity contribution >= 4 is 29.8 Å². The normalized spacial score (nSPS) is 15.7. The number of hydrazone groups is 1. The highest BCUT2D eigenvalue weighted by molar-refractivity contribution is 8.00. The van der Waals surface area contributed by atoms with Crippen LogP contribution in [0.2, 0.25) is 0 Å². The van der Waals surface area contributed by atoms with Crippen molar-refractivity contribution in [2.75, 3.05) is 12.4 Å². The molecule has 1 aliphatic rings. The van der Waals surface area contributed by atoms with E-state index >= 15 is 0 Å². The first kappa shape index (κ1) is 22.6. The summed E-state index contributed by atoms with van der Waals surface area (Å²) in [6, 6.07) is 24.8. The van der Waals surface area contributed by atoms with Gasteiger partial charge in [0.25, 0.3) is 5.91 Å². The molecule has 3 aromatic rings. The van der Waals surface area contributed by atoms with Crippen LogP contribution in [0.5, 0.6) is 5.75 Å². The fourth-order valence-corrected chi connectivity index (χ4v) is 4.72. The largest absolute Gasteiger partial charge is 0.494 e. The van der Waals surface area contributed by atoms with E-state index in [1.807, 2.05) is 78.6 Å². The molecule has 0 spiro atoms. The number of rotatable bonds is 8. The van der Waals surface area contributed by atoms with Crippen molar-refractivity contribution in [2.45, 2.75) is 18.8 Å². The minimum Gasteiger partial charge on any atom is -0.494 e. The number of nitrogens with zero attached hydrogens (tertiary/aromatic N) is 2. The van der Waals surface area contributed by atoms with Crippen LogP contribution < -0.4 is 10.2 Å². The molecule has 0 radical (unpaired) electrons. The van der Waals surface area contributed by atoms with E-state index in [2.05, 4.69) is 10.5 Å². The molecule has 0 saturated carbocycles. The molecule has 4 rings (SSSR count). The molecule has 1 aliphatic heterocycles. The second-order valence-corrected chi connectivity index (χ2v) is 8.56. The molecule has 0 aliphatic carbocycles. The zero-order valence-electron chi connectivity index (χ0n) is 18.3. The lowest BCUT2D eigenvalue weighted by molar-refractivity contribution is -0.128. The Bertz CT molecular complexity index is 1120. The molecule has 0 aromatic heterocycles. The highest BCUT2D eigenvalue weighted by atomic mass is 32.2. The first-order valence-corrected chi connectivity index (χ1v) is 11.8. The summed E-state index contributed by atoms with van der Waals surface area (Å²) in [5.74, 6) is 1.09. The molecule has 0 unspecified atom stereocenters. The molecular formula is C26H25N3O3S. The lowest BCUT2D eigenvalue weighted by Crippen LogP contribution is -2.27. The van der Waals surface area contributed by atoms with Crippen LogP contribution in [0.15, 0.2) is 84.0 Å². The van der Waals surface area contributed by atoms with Crippen LogP contribution in [0, 0.1) is 0 Å². The van der Waals surface area contributed by atoms with Gasteiger partial charge in [0.2, 0.25) is 5.91 Å². The van der Waals surface area contributed by atoms with E-state index in [1.165, 1.54) is 0 Å².